The smallest absolute Gasteiger partial charge is 0.132 e. The number of halogens is 5. The van der Waals surface area contributed by atoms with E-state index < -0.39 is 40.4 Å². The van der Waals surface area contributed by atoms with Gasteiger partial charge in [0, 0.05) is 15.6 Å². The quantitative estimate of drug-likeness (QED) is 0.778. The lowest BCUT2D eigenvalue weighted by Crippen LogP contribution is -2.26. The Morgan fingerprint density at radius 1 is 0.952 bits per heavy atom. The molecule has 21 heavy (non-hydrogen) atoms. The second-order valence-corrected chi connectivity index (χ2v) is 5.32. The van der Waals surface area contributed by atoms with Crippen molar-refractivity contribution in [2.75, 3.05) is 6.54 Å². The Bertz CT molecular complexity index is 617. The van der Waals surface area contributed by atoms with Gasteiger partial charge in [-0.25, -0.2) is 17.6 Å². The fourth-order valence-electron chi connectivity index (χ4n) is 2.17. The molecular formula is C15H12BrF4N. The summed E-state index contributed by atoms with van der Waals surface area (Å²) in [5.41, 5.74) is -0.816. The SMILES string of the molecule is CCNC(c1c(F)cccc1F)c1c(F)cc(Br)cc1F. The van der Waals surface area contributed by atoms with Crippen molar-refractivity contribution >= 4 is 15.9 Å². The van der Waals surface area contributed by atoms with E-state index in [9.17, 15) is 17.6 Å². The standard InChI is InChI=1S/C15H12BrF4N/c1-2-21-15(13-9(17)4-3-5-10(13)18)14-11(19)6-8(16)7-12(14)20/h3-7,15,21H,2H2,1H3. The van der Waals surface area contributed by atoms with Crippen molar-refractivity contribution < 1.29 is 17.6 Å². The number of rotatable bonds is 4. The van der Waals surface area contributed by atoms with Crippen molar-refractivity contribution in [3.63, 3.8) is 0 Å². The Labute approximate surface area is 128 Å². The lowest BCUT2D eigenvalue weighted by Gasteiger charge is -2.21. The summed E-state index contributed by atoms with van der Waals surface area (Å²) in [4.78, 5) is 0. The Hall–Kier alpha value is -1.40. The normalized spacial score (nSPS) is 12.5. The van der Waals surface area contributed by atoms with Crippen molar-refractivity contribution in [1.82, 2.24) is 5.32 Å². The number of nitrogens with one attached hydrogen (secondary N) is 1. The molecule has 0 aliphatic heterocycles. The number of benzene rings is 2. The van der Waals surface area contributed by atoms with Crippen LogP contribution < -0.4 is 5.32 Å². The van der Waals surface area contributed by atoms with E-state index in [4.69, 9.17) is 0 Å². The minimum absolute atomic E-state index is 0.213. The van der Waals surface area contributed by atoms with Gasteiger partial charge in [-0.3, -0.25) is 0 Å². The van der Waals surface area contributed by atoms with Crippen LogP contribution in [0, 0.1) is 23.3 Å². The Morgan fingerprint density at radius 3 is 1.90 bits per heavy atom. The second kappa shape index (κ2) is 6.58. The minimum atomic E-state index is -1.25. The fraction of sp³-hybridized carbons (Fsp3) is 0.200. The van der Waals surface area contributed by atoms with Gasteiger partial charge in [-0.15, -0.1) is 0 Å². The van der Waals surface area contributed by atoms with Crippen molar-refractivity contribution in [2.45, 2.75) is 13.0 Å². The molecule has 1 unspecified atom stereocenters. The van der Waals surface area contributed by atoms with Gasteiger partial charge in [-0.1, -0.05) is 28.9 Å². The second-order valence-electron chi connectivity index (χ2n) is 4.41. The molecule has 0 aromatic heterocycles. The van der Waals surface area contributed by atoms with Crippen LogP contribution in [-0.2, 0) is 0 Å². The highest BCUT2D eigenvalue weighted by Gasteiger charge is 2.27. The predicted molar refractivity (Wildman–Crippen MR) is 75.9 cm³/mol. The summed E-state index contributed by atoms with van der Waals surface area (Å²) in [6, 6.07) is 4.17. The lowest BCUT2D eigenvalue weighted by atomic mass is 9.96. The highest BCUT2D eigenvalue weighted by atomic mass is 79.9. The summed E-state index contributed by atoms with van der Waals surface area (Å²) in [6.07, 6.45) is 0. The van der Waals surface area contributed by atoms with E-state index in [2.05, 4.69) is 21.2 Å². The molecule has 2 rings (SSSR count). The maximum absolute atomic E-state index is 14.1. The molecule has 0 amide bonds. The molecule has 0 aliphatic rings. The monoisotopic (exact) mass is 361 g/mol. The molecule has 2 aromatic carbocycles. The van der Waals surface area contributed by atoms with Gasteiger partial charge in [0.25, 0.3) is 0 Å². The maximum atomic E-state index is 14.1. The summed E-state index contributed by atoms with van der Waals surface area (Å²) in [7, 11) is 0. The van der Waals surface area contributed by atoms with Crippen molar-refractivity contribution in [3.05, 3.63) is 69.2 Å². The molecule has 0 bridgehead atoms. The average Bonchev–Trinajstić information content (AvgIpc) is 2.37. The van der Waals surface area contributed by atoms with Crippen LogP contribution in [0.3, 0.4) is 0 Å². The van der Waals surface area contributed by atoms with E-state index in [1.165, 1.54) is 6.07 Å². The molecule has 2 aromatic rings. The van der Waals surface area contributed by atoms with Gasteiger partial charge in [0.15, 0.2) is 0 Å². The fourth-order valence-corrected chi connectivity index (χ4v) is 2.57. The Balaban J connectivity index is 2.65. The first-order chi connectivity index (χ1) is 9.95. The average molecular weight is 362 g/mol. The Kier molecular flexibility index (Phi) is 5.00. The topological polar surface area (TPSA) is 12.0 Å². The van der Waals surface area contributed by atoms with Crippen LogP contribution in [-0.4, -0.2) is 6.54 Å². The lowest BCUT2D eigenvalue weighted by molar-refractivity contribution is 0.473. The van der Waals surface area contributed by atoms with Crippen LogP contribution in [0.1, 0.15) is 24.1 Å². The van der Waals surface area contributed by atoms with Gasteiger partial charge < -0.3 is 5.32 Å². The molecule has 1 nitrogen and oxygen atoms in total. The molecular weight excluding hydrogens is 350 g/mol. The van der Waals surface area contributed by atoms with Gasteiger partial charge in [0.1, 0.15) is 23.3 Å². The van der Waals surface area contributed by atoms with Crippen molar-refractivity contribution in [1.29, 1.82) is 0 Å². The zero-order chi connectivity index (χ0) is 15.6. The molecule has 112 valence electrons. The number of hydrogen-bond donors (Lipinski definition) is 1. The van der Waals surface area contributed by atoms with E-state index in [0.717, 1.165) is 24.3 Å². The van der Waals surface area contributed by atoms with Crippen LogP contribution in [0.25, 0.3) is 0 Å². The summed E-state index contributed by atoms with van der Waals surface area (Å²) in [5, 5.41) is 2.72. The molecule has 0 saturated carbocycles. The molecule has 0 spiro atoms. The molecule has 0 saturated heterocycles. The Morgan fingerprint density at radius 2 is 1.43 bits per heavy atom. The van der Waals surface area contributed by atoms with Gasteiger partial charge in [0.05, 0.1) is 6.04 Å². The van der Waals surface area contributed by atoms with E-state index >= 15 is 0 Å². The molecule has 0 heterocycles. The molecule has 0 aliphatic carbocycles. The molecule has 1 atom stereocenters. The van der Waals surface area contributed by atoms with E-state index in [1.54, 1.807) is 6.92 Å². The van der Waals surface area contributed by atoms with Crippen molar-refractivity contribution in [2.24, 2.45) is 0 Å². The van der Waals surface area contributed by atoms with Gasteiger partial charge in [-0.2, -0.15) is 0 Å². The minimum Gasteiger partial charge on any atom is -0.306 e. The highest BCUT2D eigenvalue weighted by Crippen LogP contribution is 2.32. The highest BCUT2D eigenvalue weighted by molar-refractivity contribution is 9.10. The first-order valence-electron chi connectivity index (χ1n) is 6.27. The third-order valence-corrected chi connectivity index (χ3v) is 3.49. The van der Waals surface area contributed by atoms with Crippen LogP contribution in [0.5, 0.6) is 0 Å². The van der Waals surface area contributed by atoms with E-state index in [1.807, 2.05) is 0 Å². The molecule has 0 fully saturated rings. The largest absolute Gasteiger partial charge is 0.306 e. The predicted octanol–water partition coefficient (Wildman–Crippen LogP) is 4.70. The zero-order valence-corrected chi connectivity index (χ0v) is 12.6. The number of hydrogen-bond acceptors (Lipinski definition) is 1. The molecule has 6 heteroatoms. The first kappa shape index (κ1) is 16.0. The van der Waals surface area contributed by atoms with Crippen LogP contribution in [0.15, 0.2) is 34.8 Å². The van der Waals surface area contributed by atoms with Gasteiger partial charge in [-0.05, 0) is 30.8 Å². The molecule has 0 radical (unpaired) electrons. The third-order valence-electron chi connectivity index (χ3n) is 3.03. The maximum Gasteiger partial charge on any atom is 0.132 e. The first-order valence-corrected chi connectivity index (χ1v) is 7.06. The summed E-state index contributed by atoms with van der Waals surface area (Å²) < 4.78 is 56.2. The van der Waals surface area contributed by atoms with Crippen LogP contribution in [0.4, 0.5) is 17.6 Å². The van der Waals surface area contributed by atoms with Crippen molar-refractivity contribution in [3.8, 4) is 0 Å². The van der Waals surface area contributed by atoms with E-state index in [0.29, 0.717) is 0 Å². The van der Waals surface area contributed by atoms with Gasteiger partial charge >= 0.3 is 0 Å². The molecule has 1 N–H and O–H groups in total. The van der Waals surface area contributed by atoms with Crippen LogP contribution >= 0.6 is 15.9 Å². The summed E-state index contributed by atoms with van der Waals surface area (Å²) in [5.74, 6) is -3.48. The van der Waals surface area contributed by atoms with Gasteiger partial charge in [0.2, 0.25) is 0 Å². The summed E-state index contributed by atoms with van der Waals surface area (Å²) >= 11 is 2.97. The zero-order valence-electron chi connectivity index (χ0n) is 11.1. The van der Waals surface area contributed by atoms with E-state index in [-0.39, 0.29) is 11.0 Å². The summed E-state index contributed by atoms with van der Waals surface area (Å²) in [6.45, 7) is 1.97. The van der Waals surface area contributed by atoms with Crippen LogP contribution in [0.2, 0.25) is 0 Å². The third kappa shape index (κ3) is 3.27.